The number of amides is 1. The number of nitrogens with zero attached hydrogens (tertiary/aromatic N) is 3. The van der Waals surface area contributed by atoms with Gasteiger partial charge in [-0.15, -0.1) is 0 Å². The molecule has 0 bridgehead atoms. The molecule has 2 aromatic rings. The van der Waals surface area contributed by atoms with E-state index >= 15 is 0 Å². The first-order chi connectivity index (χ1) is 10.1. The van der Waals surface area contributed by atoms with Crippen molar-refractivity contribution in [1.82, 2.24) is 4.98 Å². The Morgan fingerprint density at radius 3 is 2.67 bits per heavy atom. The minimum atomic E-state index is -1.94. The second-order valence-electron chi connectivity index (χ2n) is 4.61. The summed E-state index contributed by atoms with van der Waals surface area (Å²) in [5.41, 5.74) is 2.25. The van der Waals surface area contributed by atoms with E-state index in [0.29, 0.717) is 27.5 Å². The molecule has 1 aliphatic rings. The molecular formula is C15H11ClFN3O. The molecule has 0 spiro atoms. The van der Waals surface area contributed by atoms with Gasteiger partial charge in [0.2, 0.25) is 0 Å². The van der Waals surface area contributed by atoms with Crippen LogP contribution in [0.4, 0.5) is 10.1 Å². The Balaban J connectivity index is 2.27. The molecule has 0 radical (unpaired) electrons. The van der Waals surface area contributed by atoms with Gasteiger partial charge in [0.25, 0.3) is 12.2 Å². The van der Waals surface area contributed by atoms with E-state index in [9.17, 15) is 9.18 Å². The number of halogens is 2. The number of aromatic nitrogens is 1. The van der Waals surface area contributed by atoms with Crippen molar-refractivity contribution in [2.45, 2.75) is 6.30 Å². The lowest BCUT2D eigenvalue weighted by atomic mass is 10.0. The SMILES string of the molecule is CN1C(=O)C(F)N=C(c2ccncc2)c2cc(Cl)ccc21. The zero-order valence-corrected chi connectivity index (χ0v) is 11.9. The third kappa shape index (κ3) is 2.40. The number of anilines is 1. The molecule has 0 saturated heterocycles. The molecule has 1 unspecified atom stereocenters. The molecule has 3 rings (SSSR count). The van der Waals surface area contributed by atoms with E-state index in [1.54, 1.807) is 42.7 Å². The molecule has 21 heavy (non-hydrogen) atoms. The molecule has 0 N–H and O–H groups in total. The Morgan fingerprint density at radius 2 is 1.95 bits per heavy atom. The van der Waals surface area contributed by atoms with Crippen LogP contribution in [-0.4, -0.2) is 29.9 Å². The third-order valence-corrected chi connectivity index (χ3v) is 3.54. The Labute approximate surface area is 125 Å². The van der Waals surface area contributed by atoms with Crippen molar-refractivity contribution in [1.29, 1.82) is 0 Å². The number of hydrogen-bond acceptors (Lipinski definition) is 3. The molecule has 2 heterocycles. The van der Waals surface area contributed by atoms with Gasteiger partial charge in [0.05, 0.1) is 11.4 Å². The van der Waals surface area contributed by atoms with Crippen LogP contribution in [0.15, 0.2) is 47.7 Å². The van der Waals surface area contributed by atoms with E-state index in [1.165, 1.54) is 11.9 Å². The number of benzene rings is 1. The summed E-state index contributed by atoms with van der Waals surface area (Å²) in [6.45, 7) is 0. The lowest BCUT2D eigenvalue weighted by Crippen LogP contribution is -2.32. The Morgan fingerprint density at radius 1 is 1.24 bits per heavy atom. The first-order valence-electron chi connectivity index (χ1n) is 6.27. The van der Waals surface area contributed by atoms with Gasteiger partial charge in [-0.25, -0.2) is 9.38 Å². The summed E-state index contributed by atoms with van der Waals surface area (Å²) in [5, 5.41) is 0.494. The summed E-state index contributed by atoms with van der Waals surface area (Å²) < 4.78 is 14.1. The highest BCUT2D eigenvalue weighted by molar-refractivity contribution is 6.32. The summed E-state index contributed by atoms with van der Waals surface area (Å²) in [6, 6.07) is 8.45. The predicted molar refractivity (Wildman–Crippen MR) is 79.6 cm³/mol. The van der Waals surface area contributed by atoms with E-state index < -0.39 is 12.2 Å². The summed E-state index contributed by atoms with van der Waals surface area (Å²) >= 11 is 6.04. The Bertz CT molecular complexity index is 733. The van der Waals surface area contributed by atoms with Crippen molar-refractivity contribution in [3.05, 3.63) is 58.9 Å². The highest BCUT2D eigenvalue weighted by Gasteiger charge is 2.29. The second kappa shape index (κ2) is 5.26. The topological polar surface area (TPSA) is 45.6 Å². The Hall–Kier alpha value is -2.27. The van der Waals surface area contributed by atoms with Gasteiger partial charge in [0.1, 0.15) is 0 Å². The predicted octanol–water partition coefficient (Wildman–Crippen LogP) is 2.84. The molecule has 6 heteroatoms. The normalized spacial score (nSPS) is 18.0. The minimum absolute atomic E-state index is 0.389. The Kier molecular flexibility index (Phi) is 3.43. The lowest BCUT2D eigenvalue weighted by molar-refractivity contribution is -0.122. The average Bonchev–Trinajstić information content (AvgIpc) is 2.59. The number of aliphatic imine (C=N–C) groups is 1. The maximum absolute atomic E-state index is 14.1. The quantitative estimate of drug-likeness (QED) is 0.761. The van der Waals surface area contributed by atoms with E-state index in [1.807, 2.05) is 0 Å². The number of likely N-dealkylation sites (N-methyl/N-ethyl adjacent to an activating group) is 1. The van der Waals surface area contributed by atoms with Gasteiger partial charge in [-0.1, -0.05) is 11.6 Å². The molecular weight excluding hydrogens is 293 g/mol. The highest BCUT2D eigenvalue weighted by Crippen LogP contribution is 2.30. The molecule has 1 atom stereocenters. The zero-order valence-electron chi connectivity index (χ0n) is 11.1. The minimum Gasteiger partial charge on any atom is -0.311 e. The zero-order chi connectivity index (χ0) is 15.0. The van der Waals surface area contributed by atoms with Crippen molar-refractivity contribution in [2.75, 3.05) is 11.9 Å². The third-order valence-electron chi connectivity index (χ3n) is 3.31. The smallest absolute Gasteiger partial charge is 0.284 e. The second-order valence-corrected chi connectivity index (χ2v) is 5.04. The van der Waals surface area contributed by atoms with E-state index in [0.717, 1.165) is 0 Å². The van der Waals surface area contributed by atoms with Crippen LogP contribution in [0.2, 0.25) is 5.02 Å². The molecule has 1 aromatic heterocycles. The maximum Gasteiger partial charge on any atom is 0.284 e. The molecule has 4 nitrogen and oxygen atoms in total. The van der Waals surface area contributed by atoms with Gasteiger partial charge in [0, 0.05) is 35.6 Å². The molecule has 1 aliphatic heterocycles. The van der Waals surface area contributed by atoms with E-state index in [-0.39, 0.29) is 0 Å². The fraction of sp³-hybridized carbons (Fsp3) is 0.133. The summed E-state index contributed by atoms with van der Waals surface area (Å²) in [6.07, 6.45) is 1.24. The van der Waals surface area contributed by atoms with Crippen LogP contribution in [0.25, 0.3) is 0 Å². The maximum atomic E-state index is 14.1. The van der Waals surface area contributed by atoms with Crippen LogP contribution in [0, 0.1) is 0 Å². The van der Waals surface area contributed by atoms with Gasteiger partial charge < -0.3 is 4.90 Å². The standard InChI is InChI=1S/C15H11ClFN3O/c1-20-12-3-2-10(16)8-11(12)13(19-14(17)15(20)21)9-4-6-18-7-5-9/h2-8,14H,1H3. The van der Waals surface area contributed by atoms with Crippen molar-refractivity contribution in [3.8, 4) is 0 Å². The van der Waals surface area contributed by atoms with Crippen LogP contribution in [0.1, 0.15) is 11.1 Å². The van der Waals surface area contributed by atoms with Gasteiger partial charge in [-0.3, -0.25) is 9.78 Å². The number of carbonyl (C=O) groups is 1. The number of alkyl halides is 1. The molecule has 1 amide bonds. The van der Waals surface area contributed by atoms with Crippen molar-refractivity contribution in [3.63, 3.8) is 0 Å². The number of rotatable bonds is 1. The lowest BCUT2D eigenvalue weighted by Gasteiger charge is -2.18. The van der Waals surface area contributed by atoms with Gasteiger partial charge >= 0.3 is 0 Å². The summed E-state index contributed by atoms with van der Waals surface area (Å²) in [4.78, 5) is 21.1. The molecule has 0 fully saturated rings. The molecule has 0 aliphatic carbocycles. The summed E-state index contributed by atoms with van der Waals surface area (Å²) in [7, 11) is 1.52. The van der Waals surface area contributed by atoms with Gasteiger partial charge in [0.15, 0.2) is 0 Å². The number of fused-ring (bicyclic) bond motifs is 1. The first-order valence-corrected chi connectivity index (χ1v) is 6.65. The summed E-state index contributed by atoms with van der Waals surface area (Å²) in [5.74, 6) is -0.706. The largest absolute Gasteiger partial charge is 0.311 e. The number of pyridine rings is 1. The van der Waals surface area contributed by atoms with Crippen LogP contribution in [0.5, 0.6) is 0 Å². The van der Waals surface area contributed by atoms with Crippen molar-refractivity contribution in [2.24, 2.45) is 4.99 Å². The van der Waals surface area contributed by atoms with Crippen LogP contribution >= 0.6 is 11.6 Å². The molecule has 1 aromatic carbocycles. The average molecular weight is 304 g/mol. The van der Waals surface area contributed by atoms with Gasteiger partial charge in [-0.2, -0.15) is 0 Å². The first kappa shape index (κ1) is 13.7. The van der Waals surface area contributed by atoms with Crippen LogP contribution in [0.3, 0.4) is 0 Å². The van der Waals surface area contributed by atoms with E-state index in [4.69, 9.17) is 11.6 Å². The number of benzodiazepines with no additional fused rings is 1. The number of hydrogen-bond donors (Lipinski definition) is 0. The van der Waals surface area contributed by atoms with Crippen molar-refractivity contribution >= 4 is 28.9 Å². The highest BCUT2D eigenvalue weighted by atomic mass is 35.5. The van der Waals surface area contributed by atoms with E-state index in [2.05, 4.69) is 9.98 Å². The molecule has 106 valence electrons. The van der Waals surface area contributed by atoms with Crippen LogP contribution in [-0.2, 0) is 4.79 Å². The number of carbonyl (C=O) groups excluding carboxylic acids is 1. The molecule has 0 saturated carbocycles. The van der Waals surface area contributed by atoms with Gasteiger partial charge in [-0.05, 0) is 30.3 Å². The van der Waals surface area contributed by atoms with Crippen molar-refractivity contribution < 1.29 is 9.18 Å². The fourth-order valence-electron chi connectivity index (χ4n) is 2.25. The van der Waals surface area contributed by atoms with Crippen LogP contribution < -0.4 is 4.90 Å². The fourth-order valence-corrected chi connectivity index (χ4v) is 2.42. The monoisotopic (exact) mass is 303 g/mol.